The van der Waals surface area contributed by atoms with E-state index < -0.39 is 11.8 Å². The van der Waals surface area contributed by atoms with Gasteiger partial charge in [-0.2, -0.15) is 0 Å². The number of carbonyl (C=O) groups is 2. The summed E-state index contributed by atoms with van der Waals surface area (Å²) in [5, 5.41) is 0. The van der Waals surface area contributed by atoms with Crippen molar-refractivity contribution in [2.45, 2.75) is 13.8 Å². The Morgan fingerprint density at radius 2 is 1.92 bits per heavy atom. The van der Waals surface area contributed by atoms with Crippen molar-refractivity contribution in [1.29, 1.82) is 0 Å². The van der Waals surface area contributed by atoms with E-state index in [4.69, 9.17) is 4.74 Å². The summed E-state index contributed by atoms with van der Waals surface area (Å²) in [5.74, 6) is -0.364. The summed E-state index contributed by atoms with van der Waals surface area (Å²) >= 11 is 0. The van der Waals surface area contributed by atoms with Crippen molar-refractivity contribution in [1.82, 2.24) is 20.2 Å². The van der Waals surface area contributed by atoms with Crippen LogP contribution in [0.3, 0.4) is 0 Å². The Morgan fingerprint density at radius 1 is 1.12 bits per heavy atom. The molecule has 7 nitrogen and oxygen atoms in total. The maximum atomic E-state index is 12.1. The van der Waals surface area contributed by atoms with Crippen molar-refractivity contribution in [3.8, 4) is 5.75 Å². The minimum atomic E-state index is -0.495. The highest BCUT2D eigenvalue weighted by atomic mass is 16.5. The summed E-state index contributed by atoms with van der Waals surface area (Å²) in [7, 11) is 0. The van der Waals surface area contributed by atoms with Crippen molar-refractivity contribution in [2.75, 3.05) is 6.61 Å². The van der Waals surface area contributed by atoms with Gasteiger partial charge in [-0.1, -0.05) is 12.1 Å². The fourth-order valence-corrected chi connectivity index (χ4v) is 2.27. The lowest BCUT2D eigenvalue weighted by Crippen LogP contribution is -2.43. The number of pyridine rings is 1. The number of rotatable bonds is 4. The lowest BCUT2D eigenvalue weighted by molar-refractivity contribution is -0.123. The van der Waals surface area contributed by atoms with Gasteiger partial charge in [-0.05, 0) is 49.2 Å². The van der Waals surface area contributed by atoms with Gasteiger partial charge in [-0.25, -0.2) is 4.98 Å². The third-order valence-corrected chi connectivity index (χ3v) is 3.52. The SMILES string of the molecule is Cc1cccc(OCC(=O)NNC(=O)c2cn3ccc(C)cc3n2)c1. The molecule has 3 aromatic rings. The number of imidazole rings is 1. The van der Waals surface area contributed by atoms with Crippen LogP contribution >= 0.6 is 0 Å². The molecule has 0 fully saturated rings. The van der Waals surface area contributed by atoms with Gasteiger partial charge < -0.3 is 9.14 Å². The largest absolute Gasteiger partial charge is 0.484 e. The van der Waals surface area contributed by atoms with Crippen LogP contribution in [-0.4, -0.2) is 27.8 Å². The zero-order chi connectivity index (χ0) is 17.8. The Balaban J connectivity index is 1.53. The van der Waals surface area contributed by atoms with Gasteiger partial charge in [0.05, 0.1) is 0 Å². The molecule has 128 valence electrons. The van der Waals surface area contributed by atoms with Crippen LogP contribution in [-0.2, 0) is 4.79 Å². The van der Waals surface area contributed by atoms with E-state index in [-0.39, 0.29) is 12.3 Å². The molecular weight excluding hydrogens is 320 g/mol. The molecule has 3 rings (SSSR count). The van der Waals surface area contributed by atoms with E-state index in [2.05, 4.69) is 15.8 Å². The van der Waals surface area contributed by atoms with Crippen LogP contribution in [0, 0.1) is 13.8 Å². The van der Waals surface area contributed by atoms with Crippen molar-refractivity contribution < 1.29 is 14.3 Å². The zero-order valence-electron chi connectivity index (χ0n) is 13.9. The number of ether oxygens (including phenoxy) is 1. The van der Waals surface area contributed by atoms with Crippen LogP contribution in [0.1, 0.15) is 21.6 Å². The van der Waals surface area contributed by atoms with Crippen LogP contribution in [0.2, 0.25) is 0 Å². The molecule has 0 aliphatic heterocycles. The predicted molar refractivity (Wildman–Crippen MR) is 92.2 cm³/mol. The summed E-state index contributed by atoms with van der Waals surface area (Å²) in [5.41, 5.74) is 7.60. The fraction of sp³-hybridized carbons (Fsp3) is 0.167. The summed E-state index contributed by atoms with van der Waals surface area (Å²) in [6, 6.07) is 11.1. The van der Waals surface area contributed by atoms with E-state index >= 15 is 0 Å². The summed E-state index contributed by atoms with van der Waals surface area (Å²) in [4.78, 5) is 28.1. The Bertz CT molecular complexity index is 933. The second kappa shape index (κ2) is 7.04. The number of aromatic nitrogens is 2. The van der Waals surface area contributed by atoms with E-state index in [0.29, 0.717) is 11.4 Å². The average molecular weight is 338 g/mol. The molecule has 0 unspecified atom stereocenters. The van der Waals surface area contributed by atoms with Gasteiger partial charge in [0.1, 0.15) is 17.1 Å². The monoisotopic (exact) mass is 338 g/mol. The molecule has 0 spiro atoms. The third kappa shape index (κ3) is 4.14. The van der Waals surface area contributed by atoms with Crippen LogP contribution in [0.4, 0.5) is 0 Å². The van der Waals surface area contributed by atoms with Crippen molar-refractivity contribution in [2.24, 2.45) is 0 Å². The van der Waals surface area contributed by atoms with Gasteiger partial charge >= 0.3 is 0 Å². The molecule has 0 aliphatic carbocycles. The van der Waals surface area contributed by atoms with Crippen molar-refractivity contribution in [3.63, 3.8) is 0 Å². The molecule has 2 heterocycles. The Kier molecular flexibility index (Phi) is 4.65. The topological polar surface area (TPSA) is 84.7 Å². The number of benzene rings is 1. The van der Waals surface area contributed by atoms with E-state index in [1.807, 2.05) is 50.4 Å². The molecule has 2 aromatic heterocycles. The fourth-order valence-electron chi connectivity index (χ4n) is 2.27. The molecule has 0 atom stereocenters. The van der Waals surface area contributed by atoms with Crippen LogP contribution < -0.4 is 15.6 Å². The summed E-state index contributed by atoms with van der Waals surface area (Å²) in [6.45, 7) is 3.68. The first kappa shape index (κ1) is 16.5. The van der Waals surface area contributed by atoms with Gasteiger partial charge in [-0.3, -0.25) is 20.4 Å². The van der Waals surface area contributed by atoms with Crippen molar-refractivity contribution in [3.05, 3.63) is 65.6 Å². The number of nitrogens with one attached hydrogen (secondary N) is 2. The third-order valence-electron chi connectivity index (χ3n) is 3.52. The molecule has 0 radical (unpaired) electrons. The summed E-state index contributed by atoms with van der Waals surface area (Å²) in [6.07, 6.45) is 3.42. The van der Waals surface area contributed by atoms with E-state index in [1.165, 1.54) is 0 Å². The average Bonchev–Trinajstić information content (AvgIpc) is 3.01. The minimum absolute atomic E-state index is 0.200. The van der Waals surface area contributed by atoms with Gasteiger partial charge in [0.15, 0.2) is 6.61 Å². The number of nitrogens with zero attached hydrogens (tertiary/aromatic N) is 2. The van der Waals surface area contributed by atoms with Gasteiger partial charge in [-0.15, -0.1) is 0 Å². The molecule has 0 aliphatic rings. The van der Waals surface area contributed by atoms with Crippen LogP contribution in [0.15, 0.2) is 48.8 Å². The molecule has 1 aromatic carbocycles. The van der Waals surface area contributed by atoms with E-state index in [1.54, 1.807) is 16.7 Å². The van der Waals surface area contributed by atoms with Crippen molar-refractivity contribution >= 4 is 17.5 Å². The number of carbonyl (C=O) groups excluding carboxylic acids is 2. The maximum Gasteiger partial charge on any atom is 0.289 e. The standard InChI is InChI=1S/C18H18N4O3/c1-12-4-3-5-14(8-12)25-11-17(23)20-21-18(24)15-10-22-7-6-13(2)9-16(22)19-15/h3-10H,11H2,1-2H3,(H,20,23)(H,21,24). The first-order valence-corrected chi connectivity index (χ1v) is 7.75. The quantitative estimate of drug-likeness (QED) is 0.710. The smallest absolute Gasteiger partial charge is 0.289 e. The number of hydrogen-bond donors (Lipinski definition) is 2. The molecule has 0 bridgehead atoms. The minimum Gasteiger partial charge on any atom is -0.484 e. The lowest BCUT2D eigenvalue weighted by Gasteiger charge is -2.08. The number of hydrazine groups is 1. The highest BCUT2D eigenvalue weighted by Gasteiger charge is 2.12. The second-order valence-electron chi connectivity index (χ2n) is 5.70. The van der Waals surface area contributed by atoms with E-state index in [9.17, 15) is 9.59 Å². The van der Waals surface area contributed by atoms with E-state index in [0.717, 1.165) is 11.1 Å². The molecule has 0 saturated carbocycles. The Morgan fingerprint density at radius 3 is 2.72 bits per heavy atom. The number of aryl methyl sites for hydroxylation is 2. The first-order valence-electron chi connectivity index (χ1n) is 7.75. The molecular formula is C18H18N4O3. The molecule has 25 heavy (non-hydrogen) atoms. The molecule has 2 amide bonds. The van der Waals surface area contributed by atoms with Gasteiger partial charge in [0.2, 0.25) is 0 Å². The number of fused-ring (bicyclic) bond motifs is 1. The predicted octanol–water partition coefficient (Wildman–Crippen LogP) is 1.79. The van der Waals surface area contributed by atoms with Crippen LogP contribution in [0.5, 0.6) is 5.75 Å². The Labute approximate surface area is 144 Å². The number of amides is 2. The van der Waals surface area contributed by atoms with Gasteiger partial charge in [0, 0.05) is 12.4 Å². The molecule has 7 heteroatoms. The normalized spacial score (nSPS) is 10.5. The zero-order valence-corrected chi connectivity index (χ0v) is 13.9. The number of hydrogen-bond acceptors (Lipinski definition) is 4. The lowest BCUT2D eigenvalue weighted by atomic mass is 10.2. The maximum absolute atomic E-state index is 12.1. The highest BCUT2D eigenvalue weighted by molar-refractivity contribution is 5.94. The Hall–Kier alpha value is -3.35. The van der Waals surface area contributed by atoms with Gasteiger partial charge in [0.25, 0.3) is 11.8 Å². The molecule has 2 N–H and O–H groups in total. The van der Waals surface area contributed by atoms with Crippen LogP contribution in [0.25, 0.3) is 5.65 Å². The first-order chi connectivity index (χ1) is 12.0. The second-order valence-corrected chi connectivity index (χ2v) is 5.70. The highest BCUT2D eigenvalue weighted by Crippen LogP contribution is 2.12. The molecule has 0 saturated heterocycles. The summed E-state index contributed by atoms with van der Waals surface area (Å²) < 4.78 is 7.11.